The first-order valence-corrected chi connectivity index (χ1v) is 5.44. The minimum atomic E-state index is -3.68. The van der Waals surface area contributed by atoms with Crippen molar-refractivity contribution in [3.05, 3.63) is 29.5 Å². The second-order valence-corrected chi connectivity index (χ2v) is 4.31. The highest BCUT2D eigenvalue weighted by Crippen LogP contribution is 2.12. The van der Waals surface area contributed by atoms with Crippen LogP contribution in [0.4, 0.5) is 5.69 Å². The van der Waals surface area contributed by atoms with Gasteiger partial charge in [0.1, 0.15) is 12.7 Å². The summed E-state index contributed by atoms with van der Waals surface area (Å²) in [7, 11) is -2.47. The fourth-order valence-corrected chi connectivity index (χ4v) is 1.36. The van der Waals surface area contributed by atoms with Gasteiger partial charge in [-0.2, -0.15) is 4.86 Å². The lowest BCUT2D eigenvalue weighted by molar-refractivity contribution is -0.497. The number of rotatable bonds is 3. The van der Waals surface area contributed by atoms with E-state index in [-0.39, 0.29) is 4.90 Å². The number of nitrogens with zero attached hydrogens (tertiary/aromatic N) is 2. The van der Waals surface area contributed by atoms with E-state index in [0.717, 1.165) is 0 Å². The number of hydroxylamine groups is 1. The van der Waals surface area contributed by atoms with Gasteiger partial charge in [0.15, 0.2) is 0 Å². The van der Waals surface area contributed by atoms with E-state index in [1.54, 1.807) is 0 Å². The molecule has 0 unspecified atom stereocenters. The second-order valence-electron chi connectivity index (χ2n) is 2.75. The van der Waals surface area contributed by atoms with Crippen molar-refractivity contribution < 1.29 is 13.3 Å². The van der Waals surface area contributed by atoms with Crippen LogP contribution in [0.1, 0.15) is 0 Å². The highest BCUT2D eigenvalue weighted by molar-refractivity contribution is 7.89. The van der Waals surface area contributed by atoms with Gasteiger partial charge < -0.3 is 5.21 Å². The van der Waals surface area contributed by atoms with E-state index >= 15 is 0 Å². The highest BCUT2D eigenvalue weighted by atomic mass is 32.2. The molecule has 0 aliphatic rings. The minimum absolute atomic E-state index is 0.00327. The number of sulfonamides is 1. The molecule has 0 spiro atoms. The van der Waals surface area contributed by atoms with Crippen LogP contribution in [0.15, 0.2) is 34.4 Å². The Hall–Kier alpha value is -1.67. The molecular weight excluding hydrogens is 220 g/mol. The molecule has 0 saturated carbocycles. The third-order valence-electron chi connectivity index (χ3n) is 1.50. The Kier molecular flexibility index (Phi) is 3.22. The van der Waals surface area contributed by atoms with Gasteiger partial charge in [-0.1, -0.05) is 0 Å². The highest BCUT2D eigenvalue weighted by Gasteiger charge is 2.07. The van der Waals surface area contributed by atoms with Crippen LogP contribution in [0.3, 0.4) is 0 Å². The molecular formula is C7H10N4O3S. The molecule has 0 aliphatic heterocycles. The maximum absolute atomic E-state index is 10.9. The fourth-order valence-electron chi connectivity index (χ4n) is 0.847. The van der Waals surface area contributed by atoms with Crippen LogP contribution in [-0.4, -0.2) is 20.3 Å². The lowest BCUT2D eigenvalue weighted by Crippen LogP contribution is -2.11. The summed E-state index contributed by atoms with van der Waals surface area (Å²) in [5, 5.41) is 18.6. The van der Waals surface area contributed by atoms with E-state index in [4.69, 9.17) is 5.14 Å². The molecule has 15 heavy (non-hydrogen) atoms. The van der Waals surface area contributed by atoms with Crippen LogP contribution in [-0.2, 0) is 10.0 Å². The molecule has 0 aromatic heterocycles. The van der Waals surface area contributed by atoms with Crippen LogP contribution >= 0.6 is 0 Å². The first-order valence-electron chi connectivity index (χ1n) is 3.90. The Morgan fingerprint density at radius 1 is 1.40 bits per heavy atom. The number of anilines is 1. The summed E-state index contributed by atoms with van der Waals surface area (Å²) in [6, 6.07) is 5.54. The maximum atomic E-state index is 10.9. The molecule has 0 radical (unpaired) electrons. The van der Waals surface area contributed by atoms with Crippen LogP contribution in [0.25, 0.3) is 0 Å². The number of hydrogen-bond donors (Lipinski definition) is 2. The molecule has 1 aromatic carbocycles. The van der Waals surface area contributed by atoms with Crippen molar-refractivity contribution in [3.8, 4) is 0 Å². The monoisotopic (exact) mass is 230 g/mol. The van der Waals surface area contributed by atoms with E-state index in [1.807, 2.05) is 0 Å². The van der Waals surface area contributed by atoms with E-state index < -0.39 is 10.0 Å². The molecule has 1 rings (SSSR count). The number of benzene rings is 1. The summed E-state index contributed by atoms with van der Waals surface area (Å²) < 4.78 is 21.8. The molecule has 0 fully saturated rings. The van der Waals surface area contributed by atoms with Crippen molar-refractivity contribution in [1.82, 2.24) is 0 Å². The Morgan fingerprint density at radius 3 is 2.33 bits per heavy atom. The van der Waals surface area contributed by atoms with Gasteiger partial charge in [0, 0.05) is 0 Å². The summed E-state index contributed by atoms with van der Waals surface area (Å²) in [6.45, 7) is 0. The zero-order valence-corrected chi connectivity index (χ0v) is 8.73. The standard InChI is InChI=1S/C7H10N4O3S/c1-11(12)10-9-6-2-4-7(5-3-6)15(8,13)14/h2-5,9H,1H3,(H2,8,13,14). The Labute approximate surface area is 86.8 Å². The predicted molar refractivity (Wildman–Crippen MR) is 53.4 cm³/mol. The third kappa shape index (κ3) is 3.52. The van der Waals surface area contributed by atoms with Gasteiger partial charge >= 0.3 is 0 Å². The molecule has 7 nitrogen and oxygen atoms in total. The van der Waals surface area contributed by atoms with E-state index in [9.17, 15) is 13.6 Å². The molecule has 3 N–H and O–H groups in total. The smallest absolute Gasteiger partial charge is 0.238 e. The summed E-state index contributed by atoms with van der Waals surface area (Å²) in [5.41, 5.74) is 2.92. The first kappa shape index (κ1) is 11.4. The van der Waals surface area contributed by atoms with Crippen molar-refractivity contribution in [2.75, 3.05) is 12.5 Å². The van der Waals surface area contributed by atoms with Crippen molar-refractivity contribution >= 4 is 15.7 Å². The maximum Gasteiger partial charge on any atom is 0.238 e. The molecule has 8 heteroatoms. The van der Waals surface area contributed by atoms with E-state index in [0.29, 0.717) is 10.5 Å². The van der Waals surface area contributed by atoms with Gasteiger partial charge in [0.2, 0.25) is 10.0 Å². The van der Waals surface area contributed by atoms with Gasteiger partial charge in [-0.3, -0.25) is 0 Å². The van der Waals surface area contributed by atoms with Crippen LogP contribution in [0, 0.1) is 5.21 Å². The molecule has 1 aromatic rings. The van der Waals surface area contributed by atoms with Crippen molar-refractivity contribution in [2.45, 2.75) is 4.90 Å². The van der Waals surface area contributed by atoms with Crippen LogP contribution in [0.2, 0.25) is 0 Å². The quantitative estimate of drug-likeness (QED) is 0.440. The van der Waals surface area contributed by atoms with Gasteiger partial charge in [-0.25, -0.2) is 13.6 Å². The molecule has 0 bridgehead atoms. The lowest BCUT2D eigenvalue weighted by atomic mass is 10.3. The Bertz CT molecular complexity index is 462. The summed E-state index contributed by atoms with van der Waals surface area (Å²) in [5.74, 6) is 0. The summed E-state index contributed by atoms with van der Waals surface area (Å²) in [6.07, 6.45) is 0. The average molecular weight is 230 g/mol. The number of primary sulfonamides is 1. The molecule has 0 amide bonds. The average Bonchev–Trinajstić information content (AvgIpc) is 2.14. The Balaban J connectivity index is 2.87. The molecule has 0 atom stereocenters. The molecule has 82 valence electrons. The molecule has 0 saturated heterocycles. The van der Waals surface area contributed by atoms with Gasteiger partial charge in [-0.15, -0.1) is 5.43 Å². The number of nitrogens with two attached hydrogens (primary N) is 1. The van der Waals surface area contributed by atoms with Crippen molar-refractivity contribution in [1.29, 1.82) is 0 Å². The summed E-state index contributed by atoms with van der Waals surface area (Å²) >= 11 is 0. The van der Waals surface area contributed by atoms with Crippen LogP contribution in [0.5, 0.6) is 0 Å². The third-order valence-corrected chi connectivity index (χ3v) is 2.43. The SMILES string of the molecule is C[N+]([O-])=NNc1ccc(S(N)(=O)=O)cc1. The topological polar surface area (TPSA) is 111 Å². The minimum Gasteiger partial charge on any atom is -0.696 e. The van der Waals surface area contributed by atoms with Gasteiger partial charge in [0.05, 0.1) is 10.1 Å². The van der Waals surface area contributed by atoms with Crippen LogP contribution < -0.4 is 10.6 Å². The normalized spacial score (nSPS) is 12.5. The van der Waals surface area contributed by atoms with Gasteiger partial charge in [0.25, 0.3) is 0 Å². The van der Waals surface area contributed by atoms with Crippen molar-refractivity contribution in [2.24, 2.45) is 10.4 Å². The number of hydrogen-bond acceptors (Lipinski definition) is 4. The van der Waals surface area contributed by atoms with Crippen molar-refractivity contribution in [3.63, 3.8) is 0 Å². The Morgan fingerprint density at radius 2 is 1.93 bits per heavy atom. The van der Waals surface area contributed by atoms with E-state index in [2.05, 4.69) is 10.6 Å². The molecule has 0 aliphatic carbocycles. The van der Waals surface area contributed by atoms with E-state index in [1.165, 1.54) is 31.3 Å². The predicted octanol–water partition coefficient (Wildman–Crippen LogP) is 0.253. The lowest BCUT2D eigenvalue weighted by Gasteiger charge is -1.99. The zero-order chi connectivity index (χ0) is 11.5. The molecule has 0 heterocycles. The second kappa shape index (κ2) is 4.24. The number of nitrogens with one attached hydrogen (secondary N) is 1. The van der Waals surface area contributed by atoms with Gasteiger partial charge in [-0.05, 0) is 24.3 Å². The zero-order valence-electron chi connectivity index (χ0n) is 7.91. The fraction of sp³-hybridized carbons (Fsp3) is 0.143. The largest absolute Gasteiger partial charge is 0.696 e. The summed E-state index contributed by atoms with van der Waals surface area (Å²) in [4.78, 5) is 0.344. The first-order chi connectivity index (χ1) is 6.89.